The predicted molar refractivity (Wildman–Crippen MR) is 74.4 cm³/mol. The van der Waals surface area contributed by atoms with E-state index in [0.29, 0.717) is 13.1 Å². The van der Waals surface area contributed by atoms with E-state index in [2.05, 4.69) is 16.0 Å². The number of benzene rings is 1. The third-order valence-electron chi connectivity index (χ3n) is 3.20. The number of piperazine rings is 1. The topological polar surface area (TPSA) is 62.4 Å². The van der Waals surface area contributed by atoms with Crippen LogP contribution in [0.5, 0.6) is 5.75 Å². The van der Waals surface area contributed by atoms with Crippen molar-refractivity contribution in [3.8, 4) is 5.75 Å². The van der Waals surface area contributed by atoms with Crippen LogP contribution in [0.1, 0.15) is 5.56 Å². The van der Waals surface area contributed by atoms with Crippen LogP contribution in [0.2, 0.25) is 0 Å². The second-order valence-electron chi connectivity index (χ2n) is 4.60. The SMILES string of the molecule is COc1cccc(CCNC(=O)C2CNCCN2)c1. The molecule has 5 nitrogen and oxygen atoms in total. The molecule has 5 heteroatoms. The smallest absolute Gasteiger partial charge is 0.238 e. The predicted octanol–water partition coefficient (Wildman–Crippen LogP) is -0.0847. The van der Waals surface area contributed by atoms with Crippen molar-refractivity contribution in [2.45, 2.75) is 12.5 Å². The van der Waals surface area contributed by atoms with Crippen molar-refractivity contribution in [3.63, 3.8) is 0 Å². The van der Waals surface area contributed by atoms with Gasteiger partial charge < -0.3 is 20.7 Å². The monoisotopic (exact) mass is 263 g/mol. The highest BCUT2D eigenvalue weighted by atomic mass is 16.5. The number of hydrogen-bond donors (Lipinski definition) is 3. The van der Waals surface area contributed by atoms with Gasteiger partial charge in [0.15, 0.2) is 0 Å². The molecule has 1 fully saturated rings. The maximum absolute atomic E-state index is 11.9. The highest BCUT2D eigenvalue weighted by Crippen LogP contribution is 2.12. The minimum absolute atomic E-state index is 0.0649. The van der Waals surface area contributed by atoms with E-state index in [1.807, 2.05) is 24.3 Å². The van der Waals surface area contributed by atoms with E-state index in [1.165, 1.54) is 0 Å². The fourth-order valence-corrected chi connectivity index (χ4v) is 2.12. The Labute approximate surface area is 113 Å². The Bertz CT molecular complexity index is 417. The third-order valence-corrected chi connectivity index (χ3v) is 3.20. The van der Waals surface area contributed by atoms with Gasteiger partial charge in [0.25, 0.3) is 0 Å². The van der Waals surface area contributed by atoms with Crippen molar-refractivity contribution in [1.82, 2.24) is 16.0 Å². The average molecular weight is 263 g/mol. The molecule has 1 aliphatic heterocycles. The number of amides is 1. The fraction of sp³-hybridized carbons (Fsp3) is 0.500. The second-order valence-corrected chi connectivity index (χ2v) is 4.60. The van der Waals surface area contributed by atoms with E-state index in [-0.39, 0.29) is 11.9 Å². The summed E-state index contributed by atoms with van der Waals surface area (Å²) in [7, 11) is 1.66. The van der Waals surface area contributed by atoms with E-state index < -0.39 is 0 Å². The summed E-state index contributed by atoms with van der Waals surface area (Å²) in [5.41, 5.74) is 1.16. The molecule has 1 unspecified atom stereocenters. The van der Waals surface area contributed by atoms with Gasteiger partial charge in [-0.05, 0) is 24.1 Å². The first-order valence-corrected chi connectivity index (χ1v) is 6.64. The lowest BCUT2D eigenvalue weighted by Gasteiger charge is -2.23. The Hall–Kier alpha value is -1.59. The van der Waals surface area contributed by atoms with Crippen molar-refractivity contribution in [1.29, 1.82) is 0 Å². The van der Waals surface area contributed by atoms with Crippen LogP contribution in [0.15, 0.2) is 24.3 Å². The Morgan fingerprint density at radius 3 is 3.11 bits per heavy atom. The second kappa shape index (κ2) is 7.11. The zero-order valence-corrected chi connectivity index (χ0v) is 11.2. The van der Waals surface area contributed by atoms with Crippen LogP contribution in [-0.4, -0.2) is 45.2 Å². The maximum Gasteiger partial charge on any atom is 0.238 e. The summed E-state index contributed by atoms with van der Waals surface area (Å²) in [4.78, 5) is 11.9. The first-order valence-electron chi connectivity index (χ1n) is 6.64. The van der Waals surface area contributed by atoms with Gasteiger partial charge in [-0.3, -0.25) is 4.79 Å². The Balaban J connectivity index is 1.74. The molecule has 19 heavy (non-hydrogen) atoms. The molecule has 1 atom stereocenters. The van der Waals surface area contributed by atoms with Gasteiger partial charge in [-0.2, -0.15) is 0 Å². The molecule has 1 amide bonds. The summed E-state index contributed by atoms with van der Waals surface area (Å²) in [6, 6.07) is 7.79. The van der Waals surface area contributed by atoms with E-state index in [1.54, 1.807) is 7.11 Å². The average Bonchev–Trinajstić information content (AvgIpc) is 2.48. The minimum atomic E-state index is -0.112. The molecule has 2 rings (SSSR count). The largest absolute Gasteiger partial charge is 0.497 e. The van der Waals surface area contributed by atoms with Crippen molar-refractivity contribution in [2.75, 3.05) is 33.3 Å². The molecular weight excluding hydrogens is 242 g/mol. The lowest BCUT2D eigenvalue weighted by molar-refractivity contribution is -0.123. The zero-order chi connectivity index (χ0) is 13.5. The zero-order valence-electron chi connectivity index (χ0n) is 11.2. The molecule has 1 aromatic rings. The summed E-state index contributed by atoms with van der Waals surface area (Å²) in [5, 5.41) is 9.35. The molecular formula is C14H21N3O2. The van der Waals surface area contributed by atoms with Gasteiger partial charge in [0.05, 0.1) is 13.2 Å². The molecule has 1 heterocycles. The number of carbonyl (C=O) groups is 1. The van der Waals surface area contributed by atoms with Gasteiger partial charge in [0.1, 0.15) is 5.75 Å². The highest BCUT2D eigenvalue weighted by Gasteiger charge is 2.19. The Morgan fingerprint density at radius 1 is 1.47 bits per heavy atom. The van der Waals surface area contributed by atoms with Crippen LogP contribution in [0.25, 0.3) is 0 Å². The molecule has 0 spiro atoms. The quantitative estimate of drug-likeness (QED) is 0.695. The van der Waals surface area contributed by atoms with E-state index in [9.17, 15) is 4.79 Å². The summed E-state index contributed by atoms with van der Waals surface area (Å²) >= 11 is 0. The lowest BCUT2D eigenvalue weighted by atomic mass is 10.1. The number of hydrogen-bond acceptors (Lipinski definition) is 4. The van der Waals surface area contributed by atoms with Crippen LogP contribution in [0.3, 0.4) is 0 Å². The fourth-order valence-electron chi connectivity index (χ4n) is 2.12. The minimum Gasteiger partial charge on any atom is -0.497 e. The van der Waals surface area contributed by atoms with E-state index in [4.69, 9.17) is 4.74 Å². The van der Waals surface area contributed by atoms with Gasteiger partial charge >= 0.3 is 0 Å². The molecule has 0 radical (unpaired) electrons. The number of ether oxygens (including phenoxy) is 1. The normalized spacial score (nSPS) is 18.9. The molecule has 3 N–H and O–H groups in total. The summed E-state index contributed by atoms with van der Waals surface area (Å²) in [6.45, 7) is 3.11. The first kappa shape index (κ1) is 13.8. The molecule has 1 aliphatic rings. The van der Waals surface area contributed by atoms with Gasteiger partial charge in [0, 0.05) is 26.2 Å². The number of nitrogens with one attached hydrogen (secondary N) is 3. The summed E-state index contributed by atoms with van der Waals surface area (Å²) in [6.07, 6.45) is 0.809. The number of carbonyl (C=O) groups excluding carboxylic acids is 1. The van der Waals surface area contributed by atoms with E-state index in [0.717, 1.165) is 30.8 Å². The van der Waals surface area contributed by atoms with Gasteiger partial charge in [-0.15, -0.1) is 0 Å². The van der Waals surface area contributed by atoms with Crippen LogP contribution >= 0.6 is 0 Å². The standard InChI is InChI=1S/C14H21N3O2/c1-19-12-4-2-3-11(9-12)5-6-17-14(18)13-10-15-7-8-16-13/h2-4,9,13,15-16H,5-8,10H2,1H3,(H,17,18). The van der Waals surface area contributed by atoms with E-state index >= 15 is 0 Å². The van der Waals surface area contributed by atoms with Crippen LogP contribution in [-0.2, 0) is 11.2 Å². The molecule has 104 valence electrons. The van der Waals surface area contributed by atoms with Gasteiger partial charge in [-0.1, -0.05) is 12.1 Å². The number of methoxy groups -OCH3 is 1. The van der Waals surface area contributed by atoms with Crippen molar-refractivity contribution in [3.05, 3.63) is 29.8 Å². The lowest BCUT2D eigenvalue weighted by Crippen LogP contribution is -2.55. The molecule has 0 saturated carbocycles. The Kier molecular flexibility index (Phi) is 5.18. The van der Waals surface area contributed by atoms with Gasteiger partial charge in [-0.25, -0.2) is 0 Å². The Morgan fingerprint density at radius 2 is 2.37 bits per heavy atom. The van der Waals surface area contributed by atoms with Crippen molar-refractivity contribution in [2.24, 2.45) is 0 Å². The van der Waals surface area contributed by atoms with Gasteiger partial charge in [0.2, 0.25) is 5.91 Å². The van der Waals surface area contributed by atoms with Crippen LogP contribution in [0, 0.1) is 0 Å². The molecule has 0 aromatic heterocycles. The number of rotatable bonds is 5. The molecule has 0 aliphatic carbocycles. The van der Waals surface area contributed by atoms with Crippen molar-refractivity contribution < 1.29 is 9.53 Å². The molecule has 1 saturated heterocycles. The summed E-state index contributed by atoms with van der Waals surface area (Å²) in [5.74, 6) is 0.914. The maximum atomic E-state index is 11.9. The summed E-state index contributed by atoms with van der Waals surface area (Å²) < 4.78 is 5.17. The third kappa shape index (κ3) is 4.22. The van der Waals surface area contributed by atoms with Crippen LogP contribution < -0.4 is 20.7 Å². The first-order chi connectivity index (χ1) is 9.29. The molecule has 1 aromatic carbocycles. The highest BCUT2D eigenvalue weighted by molar-refractivity contribution is 5.82. The van der Waals surface area contributed by atoms with Crippen molar-refractivity contribution >= 4 is 5.91 Å². The molecule has 0 bridgehead atoms. The van der Waals surface area contributed by atoms with Crippen LogP contribution in [0.4, 0.5) is 0 Å².